The molecule has 0 radical (unpaired) electrons. The zero-order valence-corrected chi connectivity index (χ0v) is 8.44. The number of carbonyl (C=O) groups is 2. The number of carboxylic acids is 1. The fourth-order valence-electron chi connectivity index (χ4n) is 1.22. The van der Waals surface area contributed by atoms with Gasteiger partial charge in [0.2, 0.25) is 0 Å². The topological polar surface area (TPSA) is 59.3 Å². The second-order valence-electron chi connectivity index (χ2n) is 3.55. The Kier molecular flexibility index (Phi) is 2.74. The van der Waals surface area contributed by atoms with E-state index in [2.05, 4.69) is 0 Å². The van der Waals surface area contributed by atoms with Crippen molar-refractivity contribution < 1.29 is 14.7 Å². The largest absolute Gasteiger partial charge is 0.478 e. The normalized spacial score (nSPS) is 10.6. The number of aromatic nitrogens is 1. The van der Waals surface area contributed by atoms with Crippen LogP contribution in [0.1, 0.15) is 34.7 Å². The highest BCUT2D eigenvalue weighted by Gasteiger charge is 2.17. The van der Waals surface area contributed by atoms with Gasteiger partial charge in [-0.2, -0.15) is 0 Å². The summed E-state index contributed by atoms with van der Waals surface area (Å²) in [5.74, 6) is -1.17. The van der Waals surface area contributed by atoms with E-state index < -0.39 is 5.97 Å². The summed E-state index contributed by atoms with van der Waals surface area (Å²) in [7, 11) is 1.67. The Morgan fingerprint density at radius 2 is 2.00 bits per heavy atom. The number of hydrogen-bond acceptors (Lipinski definition) is 2. The molecule has 0 aliphatic heterocycles. The van der Waals surface area contributed by atoms with Crippen LogP contribution in [0.25, 0.3) is 0 Å². The number of ketones is 1. The Bertz CT molecular complexity index is 377. The zero-order valence-electron chi connectivity index (χ0n) is 8.44. The molecular weight excluding hydrogens is 182 g/mol. The Labute approximate surface area is 82.2 Å². The number of aromatic carboxylic acids is 1. The van der Waals surface area contributed by atoms with Gasteiger partial charge in [-0.15, -0.1) is 0 Å². The standard InChI is InChI=1S/C10H13NO3/c1-6(2)9(12)8-4-7(10(13)14)5-11(8)3/h4-6H,1-3H3,(H,13,14). The zero-order chi connectivity index (χ0) is 10.9. The smallest absolute Gasteiger partial charge is 0.337 e. The molecule has 4 nitrogen and oxygen atoms in total. The highest BCUT2D eigenvalue weighted by Crippen LogP contribution is 2.12. The van der Waals surface area contributed by atoms with Gasteiger partial charge in [-0.05, 0) is 6.07 Å². The highest BCUT2D eigenvalue weighted by molar-refractivity contribution is 5.99. The first-order valence-electron chi connectivity index (χ1n) is 4.37. The molecule has 76 valence electrons. The van der Waals surface area contributed by atoms with Crippen LogP contribution in [0.15, 0.2) is 12.3 Å². The average molecular weight is 195 g/mol. The number of Topliss-reactive ketones (excluding diaryl/α,β-unsaturated/α-hetero) is 1. The summed E-state index contributed by atoms with van der Waals surface area (Å²) >= 11 is 0. The quantitative estimate of drug-likeness (QED) is 0.744. The van der Waals surface area contributed by atoms with Crippen LogP contribution in [0.2, 0.25) is 0 Å². The molecule has 1 N–H and O–H groups in total. The van der Waals surface area contributed by atoms with Crippen LogP contribution < -0.4 is 0 Å². The SMILES string of the molecule is CC(C)C(=O)c1cc(C(=O)O)cn1C. The van der Waals surface area contributed by atoms with Crippen molar-refractivity contribution in [2.45, 2.75) is 13.8 Å². The minimum Gasteiger partial charge on any atom is -0.478 e. The maximum absolute atomic E-state index is 11.6. The van der Waals surface area contributed by atoms with Gasteiger partial charge in [0.1, 0.15) is 0 Å². The van der Waals surface area contributed by atoms with E-state index in [1.807, 2.05) is 0 Å². The lowest BCUT2D eigenvalue weighted by molar-refractivity contribution is 0.0697. The molecule has 0 aromatic carbocycles. The highest BCUT2D eigenvalue weighted by atomic mass is 16.4. The Hall–Kier alpha value is -1.58. The van der Waals surface area contributed by atoms with Crippen molar-refractivity contribution >= 4 is 11.8 Å². The van der Waals surface area contributed by atoms with Crippen molar-refractivity contribution in [3.63, 3.8) is 0 Å². The average Bonchev–Trinajstić information content (AvgIpc) is 2.46. The van der Waals surface area contributed by atoms with E-state index in [1.54, 1.807) is 25.5 Å². The van der Waals surface area contributed by atoms with Crippen LogP contribution in [-0.4, -0.2) is 21.4 Å². The maximum Gasteiger partial charge on any atom is 0.337 e. The predicted molar refractivity (Wildman–Crippen MR) is 51.5 cm³/mol. The lowest BCUT2D eigenvalue weighted by Crippen LogP contribution is -2.11. The molecule has 0 aliphatic rings. The lowest BCUT2D eigenvalue weighted by Gasteiger charge is -2.03. The summed E-state index contributed by atoms with van der Waals surface area (Å²) in [6, 6.07) is 1.41. The van der Waals surface area contributed by atoms with Crippen LogP contribution in [0.4, 0.5) is 0 Å². The van der Waals surface area contributed by atoms with Crippen LogP contribution in [0.3, 0.4) is 0 Å². The molecule has 0 unspecified atom stereocenters. The van der Waals surface area contributed by atoms with Crippen LogP contribution in [0, 0.1) is 5.92 Å². The van der Waals surface area contributed by atoms with E-state index >= 15 is 0 Å². The molecule has 0 bridgehead atoms. The Morgan fingerprint density at radius 3 is 2.36 bits per heavy atom. The molecule has 0 fully saturated rings. The molecule has 0 amide bonds. The van der Waals surface area contributed by atoms with Gasteiger partial charge >= 0.3 is 5.97 Å². The number of rotatable bonds is 3. The molecule has 0 spiro atoms. The first-order valence-corrected chi connectivity index (χ1v) is 4.37. The summed E-state index contributed by atoms with van der Waals surface area (Å²) < 4.78 is 1.55. The summed E-state index contributed by atoms with van der Waals surface area (Å²) in [4.78, 5) is 22.2. The number of aryl methyl sites for hydroxylation is 1. The second-order valence-corrected chi connectivity index (χ2v) is 3.55. The molecule has 0 saturated heterocycles. The molecule has 0 saturated carbocycles. The fraction of sp³-hybridized carbons (Fsp3) is 0.400. The first kappa shape index (κ1) is 10.5. The molecule has 0 aliphatic carbocycles. The van der Waals surface area contributed by atoms with Crippen molar-refractivity contribution in [3.8, 4) is 0 Å². The van der Waals surface area contributed by atoms with E-state index in [0.29, 0.717) is 5.69 Å². The Morgan fingerprint density at radius 1 is 1.43 bits per heavy atom. The van der Waals surface area contributed by atoms with E-state index in [-0.39, 0.29) is 17.3 Å². The summed E-state index contributed by atoms with van der Waals surface area (Å²) in [6.45, 7) is 3.57. The third-order valence-electron chi connectivity index (χ3n) is 2.03. The monoisotopic (exact) mass is 195 g/mol. The molecule has 1 heterocycles. The first-order chi connectivity index (χ1) is 6.43. The van der Waals surface area contributed by atoms with Crippen molar-refractivity contribution in [2.24, 2.45) is 13.0 Å². The summed E-state index contributed by atoms with van der Waals surface area (Å²) in [6.07, 6.45) is 1.44. The van der Waals surface area contributed by atoms with E-state index in [1.165, 1.54) is 12.3 Å². The molecule has 1 aromatic heterocycles. The van der Waals surface area contributed by atoms with E-state index in [4.69, 9.17) is 5.11 Å². The van der Waals surface area contributed by atoms with Gasteiger partial charge in [0.25, 0.3) is 0 Å². The van der Waals surface area contributed by atoms with Gasteiger partial charge in [-0.1, -0.05) is 13.8 Å². The van der Waals surface area contributed by atoms with Crippen LogP contribution in [0.5, 0.6) is 0 Å². The van der Waals surface area contributed by atoms with Gasteiger partial charge in [0.05, 0.1) is 11.3 Å². The van der Waals surface area contributed by atoms with E-state index in [0.717, 1.165) is 0 Å². The summed E-state index contributed by atoms with van der Waals surface area (Å²) in [5, 5.41) is 8.72. The van der Waals surface area contributed by atoms with Crippen molar-refractivity contribution in [1.29, 1.82) is 0 Å². The van der Waals surface area contributed by atoms with Crippen LogP contribution >= 0.6 is 0 Å². The third-order valence-corrected chi connectivity index (χ3v) is 2.03. The number of carbonyl (C=O) groups excluding carboxylic acids is 1. The fourth-order valence-corrected chi connectivity index (χ4v) is 1.22. The van der Waals surface area contributed by atoms with Gasteiger partial charge < -0.3 is 9.67 Å². The van der Waals surface area contributed by atoms with Gasteiger partial charge in [0.15, 0.2) is 5.78 Å². The molecule has 0 atom stereocenters. The van der Waals surface area contributed by atoms with Crippen LogP contribution in [-0.2, 0) is 7.05 Å². The Balaban J connectivity index is 3.11. The third kappa shape index (κ3) is 1.84. The minimum atomic E-state index is -1.01. The number of nitrogens with zero attached hydrogens (tertiary/aromatic N) is 1. The predicted octanol–water partition coefficient (Wildman–Crippen LogP) is 1.56. The van der Waals surface area contributed by atoms with Gasteiger partial charge in [-0.3, -0.25) is 4.79 Å². The molecule has 1 rings (SSSR count). The van der Waals surface area contributed by atoms with Crippen molar-refractivity contribution in [3.05, 3.63) is 23.5 Å². The minimum absolute atomic E-state index is 0.0417. The lowest BCUT2D eigenvalue weighted by atomic mass is 10.1. The number of hydrogen-bond donors (Lipinski definition) is 1. The molecule has 1 aromatic rings. The molecule has 14 heavy (non-hydrogen) atoms. The van der Waals surface area contributed by atoms with E-state index in [9.17, 15) is 9.59 Å². The summed E-state index contributed by atoms with van der Waals surface area (Å²) in [5.41, 5.74) is 0.592. The maximum atomic E-state index is 11.6. The van der Waals surface area contributed by atoms with Crippen molar-refractivity contribution in [2.75, 3.05) is 0 Å². The van der Waals surface area contributed by atoms with Crippen molar-refractivity contribution in [1.82, 2.24) is 4.57 Å². The van der Waals surface area contributed by atoms with Gasteiger partial charge in [0, 0.05) is 19.2 Å². The second kappa shape index (κ2) is 3.65. The van der Waals surface area contributed by atoms with Gasteiger partial charge in [-0.25, -0.2) is 4.79 Å². The molecular formula is C10H13NO3. The number of carboxylic acid groups (broad SMARTS) is 1. The molecule has 4 heteroatoms.